The van der Waals surface area contributed by atoms with Crippen LogP contribution in [0.5, 0.6) is 0 Å². The van der Waals surface area contributed by atoms with Crippen molar-refractivity contribution in [2.24, 2.45) is 0 Å². The highest BCUT2D eigenvalue weighted by Gasteiger charge is 2.36. The lowest BCUT2D eigenvalue weighted by Crippen LogP contribution is -2.44. The molecule has 2 aromatic rings. The van der Waals surface area contributed by atoms with E-state index in [4.69, 9.17) is 11.6 Å². The number of pyridine rings is 1. The lowest BCUT2D eigenvalue weighted by Gasteiger charge is -2.38. The molecule has 1 saturated heterocycles. The lowest BCUT2D eigenvalue weighted by molar-refractivity contribution is 0.0669. The van der Waals surface area contributed by atoms with Gasteiger partial charge >= 0.3 is 0 Å². The van der Waals surface area contributed by atoms with Crippen LogP contribution in [0.25, 0.3) is 0 Å². The standard InChI is InChI=1S/C16H18ClN3OS/c1-11-4-3-5-12(19-11)14(21)20-8-6-16(2,7-9-20)15-18-10-13(17)22-15/h3-5,10H,6-9H2,1-2H3. The molecule has 0 aliphatic carbocycles. The topological polar surface area (TPSA) is 46.1 Å². The molecule has 0 N–H and O–H groups in total. The molecule has 0 bridgehead atoms. The highest BCUT2D eigenvalue weighted by molar-refractivity contribution is 7.15. The molecule has 0 radical (unpaired) electrons. The monoisotopic (exact) mass is 335 g/mol. The Bertz CT molecular complexity index is 692. The highest BCUT2D eigenvalue weighted by atomic mass is 35.5. The first-order valence-corrected chi connectivity index (χ1v) is 8.52. The number of hydrogen-bond donors (Lipinski definition) is 0. The summed E-state index contributed by atoms with van der Waals surface area (Å²) in [5.41, 5.74) is 1.40. The van der Waals surface area contributed by atoms with Crippen LogP contribution >= 0.6 is 22.9 Å². The van der Waals surface area contributed by atoms with E-state index in [1.807, 2.05) is 24.0 Å². The molecule has 1 aliphatic rings. The molecule has 1 amide bonds. The van der Waals surface area contributed by atoms with Crippen molar-refractivity contribution in [1.82, 2.24) is 14.9 Å². The van der Waals surface area contributed by atoms with Gasteiger partial charge in [0.15, 0.2) is 0 Å². The lowest BCUT2D eigenvalue weighted by atomic mass is 9.81. The summed E-state index contributed by atoms with van der Waals surface area (Å²) in [5, 5.41) is 1.07. The number of piperidine rings is 1. The Hall–Kier alpha value is -1.46. The van der Waals surface area contributed by atoms with Gasteiger partial charge in [-0.25, -0.2) is 9.97 Å². The predicted molar refractivity (Wildman–Crippen MR) is 88.6 cm³/mol. The van der Waals surface area contributed by atoms with E-state index in [1.54, 1.807) is 12.3 Å². The number of halogens is 1. The van der Waals surface area contributed by atoms with E-state index in [-0.39, 0.29) is 11.3 Å². The minimum atomic E-state index is 0.00855. The van der Waals surface area contributed by atoms with Crippen LogP contribution in [0.2, 0.25) is 4.34 Å². The number of amides is 1. The van der Waals surface area contributed by atoms with E-state index in [1.165, 1.54) is 11.3 Å². The van der Waals surface area contributed by atoms with Crippen molar-refractivity contribution < 1.29 is 4.79 Å². The van der Waals surface area contributed by atoms with Crippen LogP contribution < -0.4 is 0 Å². The molecule has 4 nitrogen and oxygen atoms in total. The van der Waals surface area contributed by atoms with Crippen LogP contribution in [-0.4, -0.2) is 33.9 Å². The third kappa shape index (κ3) is 3.01. The van der Waals surface area contributed by atoms with Crippen molar-refractivity contribution in [3.05, 3.63) is 45.1 Å². The van der Waals surface area contributed by atoms with Gasteiger partial charge in [0.05, 0.1) is 6.20 Å². The number of aromatic nitrogens is 2. The molecule has 0 unspecified atom stereocenters. The molecule has 3 heterocycles. The fourth-order valence-electron chi connectivity index (χ4n) is 2.77. The van der Waals surface area contributed by atoms with Crippen LogP contribution in [0.1, 0.15) is 41.0 Å². The van der Waals surface area contributed by atoms with Crippen LogP contribution in [-0.2, 0) is 5.41 Å². The smallest absolute Gasteiger partial charge is 0.272 e. The SMILES string of the molecule is Cc1cccc(C(=O)N2CCC(C)(c3ncc(Cl)s3)CC2)n1. The van der Waals surface area contributed by atoms with E-state index in [0.29, 0.717) is 5.69 Å². The number of likely N-dealkylation sites (tertiary alicyclic amines) is 1. The van der Waals surface area contributed by atoms with Gasteiger partial charge in [-0.1, -0.05) is 24.6 Å². The van der Waals surface area contributed by atoms with Crippen LogP contribution in [0.4, 0.5) is 0 Å². The molecule has 1 fully saturated rings. The summed E-state index contributed by atoms with van der Waals surface area (Å²) >= 11 is 7.54. The molecule has 6 heteroatoms. The molecule has 116 valence electrons. The quantitative estimate of drug-likeness (QED) is 0.840. The van der Waals surface area contributed by atoms with E-state index in [2.05, 4.69) is 16.9 Å². The number of carbonyl (C=O) groups is 1. The normalized spacial score (nSPS) is 17.5. The first-order chi connectivity index (χ1) is 10.5. The largest absolute Gasteiger partial charge is 0.337 e. The molecular weight excluding hydrogens is 318 g/mol. The molecule has 0 spiro atoms. The summed E-state index contributed by atoms with van der Waals surface area (Å²) in [5.74, 6) is 0.0166. The minimum absolute atomic E-state index is 0.00855. The highest BCUT2D eigenvalue weighted by Crippen LogP contribution is 2.38. The molecule has 0 aromatic carbocycles. The van der Waals surface area contributed by atoms with E-state index >= 15 is 0 Å². The van der Waals surface area contributed by atoms with Crippen molar-refractivity contribution >= 4 is 28.8 Å². The van der Waals surface area contributed by atoms with Crippen molar-refractivity contribution in [1.29, 1.82) is 0 Å². The number of rotatable bonds is 2. The second-order valence-corrected chi connectivity index (χ2v) is 7.65. The fraction of sp³-hybridized carbons (Fsp3) is 0.438. The third-order valence-corrected chi connectivity index (χ3v) is 5.68. The average Bonchev–Trinajstić information content (AvgIpc) is 2.95. The second kappa shape index (κ2) is 5.97. The zero-order valence-corrected chi connectivity index (χ0v) is 14.2. The zero-order valence-electron chi connectivity index (χ0n) is 12.7. The summed E-state index contributed by atoms with van der Waals surface area (Å²) < 4.78 is 0.721. The van der Waals surface area contributed by atoms with Gasteiger partial charge in [0.1, 0.15) is 15.0 Å². The molecule has 0 atom stereocenters. The first-order valence-electron chi connectivity index (χ1n) is 7.33. The van der Waals surface area contributed by atoms with Crippen molar-refractivity contribution in [2.75, 3.05) is 13.1 Å². The Morgan fingerprint density at radius 1 is 1.36 bits per heavy atom. The summed E-state index contributed by atoms with van der Waals surface area (Å²) in [7, 11) is 0. The van der Waals surface area contributed by atoms with Gasteiger partial charge in [-0.15, -0.1) is 11.3 Å². The Morgan fingerprint density at radius 2 is 2.09 bits per heavy atom. The minimum Gasteiger partial charge on any atom is -0.337 e. The maximum atomic E-state index is 12.5. The van der Waals surface area contributed by atoms with Gasteiger partial charge in [0.25, 0.3) is 5.91 Å². The maximum absolute atomic E-state index is 12.5. The first kappa shape index (κ1) is 15.4. The van der Waals surface area contributed by atoms with E-state index in [0.717, 1.165) is 41.0 Å². The van der Waals surface area contributed by atoms with Gasteiger partial charge in [0, 0.05) is 24.2 Å². The Kier molecular flexibility index (Phi) is 4.19. The molecule has 2 aromatic heterocycles. The number of carbonyl (C=O) groups excluding carboxylic acids is 1. The molecule has 0 saturated carbocycles. The number of aryl methyl sites for hydroxylation is 1. The number of nitrogens with zero attached hydrogens (tertiary/aromatic N) is 3. The fourth-order valence-corrected chi connectivity index (χ4v) is 3.89. The molecule has 22 heavy (non-hydrogen) atoms. The maximum Gasteiger partial charge on any atom is 0.272 e. The van der Waals surface area contributed by atoms with Crippen molar-refractivity contribution in [3.8, 4) is 0 Å². The van der Waals surface area contributed by atoms with Gasteiger partial charge in [-0.2, -0.15) is 0 Å². The summed E-state index contributed by atoms with van der Waals surface area (Å²) in [6.45, 7) is 5.55. The van der Waals surface area contributed by atoms with E-state index in [9.17, 15) is 4.79 Å². The van der Waals surface area contributed by atoms with Crippen LogP contribution in [0.15, 0.2) is 24.4 Å². The molecule has 3 rings (SSSR count). The van der Waals surface area contributed by atoms with Gasteiger partial charge < -0.3 is 4.90 Å². The third-order valence-electron chi connectivity index (χ3n) is 4.26. The van der Waals surface area contributed by atoms with Gasteiger partial charge in [-0.3, -0.25) is 4.79 Å². The summed E-state index contributed by atoms with van der Waals surface area (Å²) in [6, 6.07) is 5.56. The van der Waals surface area contributed by atoms with E-state index < -0.39 is 0 Å². The number of thiazole rings is 1. The Morgan fingerprint density at radius 3 is 2.68 bits per heavy atom. The zero-order chi connectivity index (χ0) is 15.7. The Labute approximate surface area is 139 Å². The van der Waals surface area contributed by atoms with Crippen molar-refractivity contribution in [2.45, 2.75) is 32.1 Å². The molecular formula is C16H18ClN3OS. The number of hydrogen-bond acceptors (Lipinski definition) is 4. The summed E-state index contributed by atoms with van der Waals surface area (Å²) in [4.78, 5) is 23.2. The summed E-state index contributed by atoms with van der Waals surface area (Å²) in [6.07, 6.45) is 3.50. The predicted octanol–water partition coefficient (Wildman–Crippen LogP) is 3.69. The second-order valence-electron chi connectivity index (χ2n) is 5.99. The van der Waals surface area contributed by atoms with Gasteiger partial charge in [-0.05, 0) is 31.9 Å². The average molecular weight is 336 g/mol. The van der Waals surface area contributed by atoms with Gasteiger partial charge in [0.2, 0.25) is 0 Å². The Balaban J connectivity index is 1.70. The van der Waals surface area contributed by atoms with Crippen LogP contribution in [0.3, 0.4) is 0 Å². The molecule has 1 aliphatic heterocycles. The van der Waals surface area contributed by atoms with Crippen molar-refractivity contribution in [3.63, 3.8) is 0 Å². The van der Waals surface area contributed by atoms with Crippen LogP contribution in [0, 0.1) is 6.92 Å².